The Labute approximate surface area is 187 Å². The van der Waals surface area contributed by atoms with E-state index in [4.69, 9.17) is 0 Å². The highest BCUT2D eigenvalue weighted by Gasteiger charge is 2.31. The standard InChI is InChI=1S/C23H21F3N4O3/c24-23(25,26)33-19-7-5-17(6-8-19)29-22(32)16-11-20(15-3-1-9-27-12-15)21(28-13-16)30-10-2-4-18(31)14-30/h1,3,5-9,11-13,18,31H,2,4,10,14H2,(H,29,32)/t18-/m1/s1. The fraction of sp³-hybridized carbons (Fsp3) is 0.261. The van der Waals surface area contributed by atoms with Crippen LogP contribution < -0.4 is 15.0 Å². The Hall–Kier alpha value is -3.66. The van der Waals surface area contributed by atoms with Gasteiger partial charge in [0.1, 0.15) is 11.6 Å². The highest BCUT2D eigenvalue weighted by molar-refractivity contribution is 6.05. The van der Waals surface area contributed by atoms with Gasteiger partial charge in [-0.25, -0.2) is 4.98 Å². The Morgan fingerprint density at radius 2 is 1.97 bits per heavy atom. The van der Waals surface area contributed by atoms with Crippen molar-refractivity contribution in [1.82, 2.24) is 9.97 Å². The minimum Gasteiger partial charge on any atom is -0.406 e. The summed E-state index contributed by atoms with van der Waals surface area (Å²) in [6, 6.07) is 10.2. The number of pyridine rings is 2. The lowest BCUT2D eigenvalue weighted by Gasteiger charge is -2.32. The third-order valence-corrected chi connectivity index (χ3v) is 5.14. The first-order valence-electron chi connectivity index (χ1n) is 10.3. The van der Waals surface area contributed by atoms with Gasteiger partial charge in [-0.3, -0.25) is 9.78 Å². The summed E-state index contributed by atoms with van der Waals surface area (Å²) in [5.41, 5.74) is 2.04. The van der Waals surface area contributed by atoms with Crippen molar-refractivity contribution in [1.29, 1.82) is 0 Å². The zero-order chi connectivity index (χ0) is 23.4. The number of hydrogen-bond acceptors (Lipinski definition) is 6. The average Bonchev–Trinajstić information content (AvgIpc) is 2.79. The number of aliphatic hydroxyl groups excluding tert-OH is 1. The van der Waals surface area contributed by atoms with Crippen LogP contribution in [-0.2, 0) is 0 Å². The van der Waals surface area contributed by atoms with Gasteiger partial charge in [0.25, 0.3) is 5.91 Å². The SMILES string of the molecule is O=C(Nc1ccc(OC(F)(F)F)cc1)c1cnc(N2CCC[C@@H](O)C2)c(-c2cccnc2)c1. The Kier molecular flexibility index (Phi) is 6.45. The van der Waals surface area contributed by atoms with Crippen LogP contribution in [-0.4, -0.2) is 46.5 Å². The summed E-state index contributed by atoms with van der Waals surface area (Å²) in [5.74, 6) is -0.205. The summed E-state index contributed by atoms with van der Waals surface area (Å²) >= 11 is 0. The van der Waals surface area contributed by atoms with E-state index in [2.05, 4.69) is 20.0 Å². The van der Waals surface area contributed by atoms with Gasteiger partial charge in [-0.2, -0.15) is 0 Å². The molecule has 3 heterocycles. The molecule has 0 saturated carbocycles. The smallest absolute Gasteiger partial charge is 0.406 e. The van der Waals surface area contributed by atoms with Gasteiger partial charge >= 0.3 is 6.36 Å². The third kappa shape index (κ3) is 5.78. The molecule has 1 aromatic carbocycles. The van der Waals surface area contributed by atoms with Crippen LogP contribution in [0.1, 0.15) is 23.2 Å². The van der Waals surface area contributed by atoms with Crippen molar-refractivity contribution < 1.29 is 27.8 Å². The zero-order valence-corrected chi connectivity index (χ0v) is 17.4. The Morgan fingerprint density at radius 1 is 1.18 bits per heavy atom. The lowest BCUT2D eigenvalue weighted by molar-refractivity contribution is -0.274. The molecular weight excluding hydrogens is 437 g/mol. The molecule has 1 amide bonds. The molecule has 1 aliphatic rings. The number of aromatic nitrogens is 2. The quantitative estimate of drug-likeness (QED) is 0.594. The molecule has 0 bridgehead atoms. The van der Waals surface area contributed by atoms with Crippen LogP contribution in [0.15, 0.2) is 61.1 Å². The summed E-state index contributed by atoms with van der Waals surface area (Å²) in [4.78, 5) is 23.5. The molecule has 1 saturated heterocycles. The normalized spacial score (nSPS) is 16.4. The van der Waals surface area contributed by atoms with Crippen molar-refractivity contribution in [2.45, 2.75) is 25.3 Å². The number of halogens is 3. The fourth-order valence-electron chi connectivity index (χ4n) is 3.66. The molecular formula is C23H21F3N4O3. The Morgan fingerprint density at radius 3 is 2.64 bits per heavy atom. The van der Waals surface area contributed by atoms with E-state index in [9.17, 15) is 23.1 Å². The van der Waals surface area contributed by atoms with E-state index in [1.54, 1.807) is 24.5 Å². The first kappa shape index (κ1) is 22.5. The molecule has 1 aliphatic heterocycles. The molecule has 0 radical (unpaired) electrons. The fourth-order valence-corrected chi connectivity index (χ4v) is 3.66. The van der Waals surface area contributed by atoms with E-state index in [0.717, 1.165) is 37.1 Å². The van der Waals surface area contributed by atoms with Gasteiger partial charge in [0, 0.05) is 48.5 Å². The number of alkyl halides is 3. The number of nitrogens with one attached hydrogen (secondary N) is 1. The number of β-amino-alcohol motifs (C(OH)–C–C–N with tert-alkyl or cyclic N) is 1. The summed E-state index contributed by atoms with van der Waals surface area (Å²) in [6.07, 6.45) is 1.07. The molecule has 0 aliphatic carbocycles. The maximum absolute atomic E-state index is 12.8. The lowest BCUT2D eigenvalue weighted by atomic mass is 10.0. The van der Waals surface area contributed by atoms with Crippen molar-refractivity contribution in [2.24, 2.45) is 0 Å². The van der Waals surface area contributed by atoms with Crippen LogP contribution in [0, 0.1) is 0 Å². The number of benzene rings is 1. The third-order valence-electron chi connectivity index (χ3n) is 5.14. The summed E-state index contributed by atoms with van der Waals surface area (Å²) in [5, 5.41) is 12.7. The van der Waals surface area contributed by atoms with Crippen molar-refractivity contribution in [3.05, 3.63) is 66.6 Å². The molecule has 1 fully saturated rings. The second-order valence-corrected chi connectivity index (χ2v) is 7.61. The van der Waals surface area contributed by atoms with Crippen LogP contribution in [0.4, 0.5) is 24.7 Å². The van der Waals surface area contributed by atoms with Crippen LogP contribution in [0.3, 0.4) is 0 Å². The number of piperidine rings is 1. The minimum absolute atomic E-state index is 0.269. The van der Waals surface area contributed by atoms with E-state index >= 15 is 0 Å². The van der Waals surface area contributed by atoms with Gasteiger partial charge in [-0.15, -0.1) is 13.2 Å². The maximum Gasteiger partial charge on any atom is 0.573 e. The number of rotatable bonds is 5. The zero-order valence-electron chi connectivity index (χ0n) is 17.4. The lowest BCUT2D eigenvalue weighted by Crippen LogP contribution is -2.39. The predicted octanol–water partition coefficient (Wildman–Crippen LogP) is 4.26. The number of anilines is 2. The van der Waals surface area contributed by atoms with E-state index in [-0.39, 0.29) is 11.3 Å². The van der Waals surface area contributed by atoms with Gasteiger partial charge in [0.2, 0.25) is 0 Å². The Balaban J connectivity index is 1.58. The van der Waals surface area contributed by atoms with Crippen molar-refractivity contribution >= 4 is 17.4 Å². The molecule has 4 rings (SSSR count). The van der Waals surface area contributed by atoms with Crippen LogP contribution in [0.2, 0.25) is 0 Å². The minimum atomic E-state index is -4.79. The van der Waals surface area contributed by atoms with Gasteiger partial charge in [0.05, 0.1) is 11.7 Å². The van der Waals surface area contributed by atoms with Gasteiger partial charge < -0.3 is 20.1 Å². The number of carbonyl (C=O) groups is 1. The number of amides is 1. The monoisotopic (exact) mass is 458 g/mol. The van der Waals surface area contributed by atoms with E-state index in [0.29, 0.717) is 23.6 Å². The molecule has 2 N–H and O–H groups in total. The summed E-state index contributed by atoms with van der Waals surface area (Å²) in [6.45, 7) is 1.17. The van der Waals surface area contributed by atoms with E-state index in [1.165, 1.54) is 18.3 Å². The second kappa shape index (κ2) is 9.45. The van der Waals surface area contributed by atoms with Gasteiger partial charge in [-0.1, -0.05) is 6.07 Å². The van der Waals surface area contributed by atoms with Crippen LogP contribution >= 0.6 is 0 Å². The molecule has 172 valence electrons. The van der Waals surface area contributed by atoms with E-state index in [1.807, 2.05) is 11.0 Å². The maximum atomic E-state index is 12.8. The molecule has 10 heteroatoms. The number of hydrogen-bond donors (Lipinski definition) is 2. The average molecular weight is 458 g/mol. The first-order valence-corrected chi connectivity index (χ1v) is 10.3. The highest BCUT2D eigenvalue weighted by Crippen LogP contribution is 2.31. The molecule has 1 atom stereocenters. The molecule has 2 aromatic heterocycles. The van der Waals surface area contributed by atoms with Crippen LogP contribution in [0.5, 0.6) is 5.75 Å². The first-order chi connectivity index (χ1) is 15.8. The highest BCUT2D eigenvalue weighted by atomic mass is 19.4. The Bertz CT molecular complexity index is 1110. The molecule has 0 spiro atoms. The topological polar surface area (TPSA) is 87.6 Å². The number of ether oxygens (including phenoxy) is 1. The molecule has 7 nitrogen and oxygen atoms in total. The second-order valence-electron chi connectivity index (χ2n) is 7.61. The largest absolute Gasteiger partial charge is 0.573 e. The number of nitrogens with zero attached hydrogens (tertiary/aromatic N) is 3. The molecule has 0 unspecified atom stereocenters. The van der Waals surface area contributed by atoms with Crippen molar-refractivity contribution in [3.63, 3.8) is 0 Å². The van der Waals surface area contributed by atoms with Crippen molar-refractivity contribution in [3.8, 4) is 16.9 Å². The van der Waals surface area contributed by atoms with Gasteiger partial charge in [-0.05, 0) is 49.2 Å². The predicted molar refractivity (Wildman–Crippen MR) is 116 cm³/mol. The molecule has 3 aromatic rings. The molecule has 33 heavy (non-hydrogen) atoms. The van der Waals surface area contributed by atoms with Gasteiger partial charge in [0.15, 0.2) is 0 Å². The van der Waals surface area contributed by atoms with Crippen LogP contribution in [0.25, 0.3) is 11.1 Å². The van der Waals surface area contributed by atoms with Crippen molar-refractivity contribution in [2.75, 3.05) is 23.3 Å². The summed E-state index contributed by atoms with van der Waals surface area (Å²) < 4.78 is 40.8. The van der Waals surface area contributed by atoms with E-state index < -0.39 is 18.4 Å². The number of carbonyl (C=O) groups excluding carboxylic acids is 1. The number of aliphatic hydroxyl groups is 1. The summed E-state index contributed by atoms with van der Waals surface area (Å²) in [7, 11) is 0.